The van der Waals surface area contributed by atoms with E-state index in [1.165, 1.54) is 38.5 Å². The van der Waals surface area contributed by atoms with Crippen molar-refractivity contribution in [2.75, 3.05) is 30.8 Å². The first-order valence-corrected chi connectivity index (χ1v) is 8.09. The van der Waals surface area contributed by atoms with Crippen LogP contribution in [0.3, 0.4) is 0 Å². The molecule has 1 aliphatic carbocycles. The summed E-state index contributed by atoms with van der Waals surface area (Å²) in [5.41, 5.74) is 0. The van der Waals surface area contributed by atoms with Crippen LogP contribution >= 0.6 is 0 Å². The average molecular weight is 293 g/mol. The van der Waals surface area contributed by atoms with E-state index in [0.717, 1.165) is 25.4 Å². The van der Waals surface area contributed by atoms with Crippen molar-refractivity contribution in [2.24, 2.45) is 5.92 Å². The highest BCUT2D eigenvalue weighted by molar-refractivity contribution is 5.35. The van der Waals surface area contributed by atoms with E-state index in [9.17, 15) is 0 Å². The molecule has 0 saturated heterocycles. The van der Waals surface area contributed by atoms with Gasteiger partial charge in [-0.1, -0.05) is 39.0 Å². The van der Waals surface area contributed by atoms with Crippen LogP contribution in [0, 0.1) is 5.92 Å². The summed E-state index contributed by atoms with van der Waals surface area (Å²) in [4.78, 5) is 12.8. The lowest BCUT2D eigenvalue weighted by Gasteiger charge is -2.21. The predicted octanol–water partition coefficient (Wildman–Crippen LogP) is 3.08. The number of nitrogens with zero attached hydrogens (tertiary/aromatic N) is 3. The van der Waals surface area contributed by atoms with Crippen LogP contribution in [-0.4, -0.2) is 35.2 Å². The van der Waals surface area contributed by atoms with E-state index in [1.54, 1.807) is 7.11 Å². The maximum Gasteiger partial charge on any atom is 0.322 e. The molecule has 118 valence electrons. The molecule has 1 aliphatic rings. The zero-order chi connectivity index (χ0) is 14.9. The molecule has 0 spiro atoms. The van der Waals surface area contributed by atoms with Crippen molar-refractivity contribution in [1.82, 2.24) is 15.0 Å². The Labute approximate surface area is 127 Å². The molecule has 0 aromatic carbocycles. The molecule has 2 N–H and O–H groups in total. The molecule has 6 nitrogen and oxygen atoms in total. The minimum atomic E-state index is 0.351. The third kappa shape index (κ3) is 5.36. The highest BCUT2D eigenvalue weighted by Crippen LogP contribution is 2.26. The number of rotatable bonds is 8. The Morgan fingerprint density at radius 2 is 1.67 bits per heavy atom. The van der Waals surface area contributed by atoms with Crippen molar-refractivity contribution in [2.45, 2.75) is 51.9 Å². The van der Waals surface area contributed by atoms with Crippen LogP contribution in [0.4, 0.5) is 11.9 Å². The Balaban J connectivity index is 1.85. The van der Waals surface area contributed by atoms with Gasteiger partial charge in [0.15, 0.2) is 0 Å². The van der Waals surface area contributed by atoms with Crippen LogP contribution in [0.5, 0.6) is 6.01 Å². The Morgan fingerprint density at radius 3 is 2.29 bits per heavy atom. The number of anilines is 2. The third-order valence-electron chi connectivity index (χ3n) is 3.89. The Hall–Kier alpha value is -1.59. The summed E-state index contributed by atoms with van der Waals surface area (Å²) < 4.78 is 5.13. The second-order valence-electron chi connectivity index (χ2n) is 5.62. The van der Waals surface area contributed by atoms with Gasteiger partial charge in [0.25, 0.3) is 0 Å². The second-order valence-corrected chi connectivity index (χ2v) is 5.62. The van der Waals surface area contributed by atoms with Gasteiger partial charge in [0.2, 0.25) is 11.9 Å². The monoisotopic (exact) mass is 293 g/mol. The zero-order valence-corrected chi connectivity index (χ0v) is 13.2. The largest absolute Gasteiger partial charge is 0.467 e. The van der Waals surface area contributed by atoms with Crippen molar-refractivity contribution in [3.63, 3.8) is 0 Å². The molecular weight excluding hydrogens is 266 g/mol. The van der Waals surface area contributed by atoms with E-state index in [-0.39, 0.29) is 0 Å². The van der Waals surface area contributed by atoms with Gasteiger partial charge < -0.3 is 15.4 Å². The van der Waals surface area contributed by atoms with E-state index in [2.05, 4.69) is 32.5 Å². The number of hydrogen-bond acceptors (Lipinski definition) is 6. The van der Waals surface area contributed by atoms with Gasteiger partial charge in [-0.15, -0.1) is 0 Å². The average Bonchev–Trinajstić information content (AvgIpc) is 2.53. The Kier molecular flexibility index (Phi) is 6.50. The fourth-order valence-electron chi connectivity index (χ4n) is 2.71. The number of methoxy groups -OCH3 is 1. The summed E-state index contributed by atoms with van der Waals surface area (Å²) >= 11 is 0. The maximum atomic E-state index is 5.13. The van der Waals surface area contributed by atoms with Crippen molar-refractivity contribution >= 4 is 11.9 Å². The summed E-state index contributed by atoms with van der Waals surface area (Å²) in [6.07, 6.45) is 9.12. The lowest BCUT2D eigenvalue weighted by molar-refractivity contribution is 0.345. The third-order valence-corrected chi connectivity index (χ3v) is 3.89. The van der Waals surface area contributed by atoms with E-state index < -0.39 is 0 Å². The van der Waals surface area contributed by atoms with Crippen LogP contribution in [0.15, 0.2) is 0 Å². The molecule has 0 atom stereocenters. The molecule has 1 fully saturated rings. The minimum absolute atomic E-state index is 0.351. The van der Waals surface area contributed by atoms with E-state index in [0.29, 0.717) is 17.9 Å². The van der Waals surface area contributed by atoms with Gasteiger partial charge >= 0.3 is 6.01 Å². The quantitative estimate of drug-likeness (QED) is 0.767. The molecule has 1 aromatic rings. The molecule has 21 heavy (non-hydrogen) atoms. The fourth-order valence-corrected chi connectivity index (χ4v) is 2.71. The number of hydrogen-bond donors (Lipinski definition) is 2. The fraction of sp³-hybridized carbons (Fsp3) is 0.800. The Bertz CT molecular complexity index is 421. The molecule has 6 heteroatoms. The molecule has 0 unspecified atom stereocenters. The van der Waals surface area contributed by atoms with Crippen molar-refractivity contribution in [3.8, 4) is 6.01 Å². The number of nitrogens with one attached hydrogen (secondary N) is 2. The number of aromatic nitrogens is 3. The van der Waals surface area contributed by atoms with Gasteiger partial charge in [-0.3, -0.25) is 0 Å². The SMILES string of the molecule is CCCNc1nc(NCCC2CCCCC2)nc(OC)n1. The van der Waals surface area contributed by atoms with Gasteiger partial charge in [-0.25, -0.2) is 0 Å². The van der Waals surface area contributed by atoms with Crippen LogP contribution in [-0.2, 0) is 0 Å². The molecule has 1 aromatic heterocycles. The molecule has 0 bridgehead atoms. The minimum Gasteiger partial charge on any atom is -0.467 e. The first-order valence-electron chi connectivity index (χ1n) is 8.09. The maximum absolute atomic E-state index is 5.13. The van der Waals surface area contributed by atoms with Gasteiger partial charge in [0.05, 0.1) is 7.11 Å². The molecule has 0 aliphatic heterocycles. The molecule has 2 rings (SSSR count). The summed E-state index contributed by atoms with van der Waals surface area (Å²) in [5, 5.41) is 6.47. The van der Waals surface area contributed by atoms with E-state index in [4.69, 9.17) is 4.74 Å². The molecule has 1 saturated carbocycles. The van der Waals surface area contributed by atoms with Gasteiger partial charge in [0.1, 0.15) is 0 Å². The normalized spacial score (nSPS) is 15.7. The molecule has 0 amide bonds. The molecule has 0 radical (unpaired) electrons. The van der Waals surface area contributed by atoms with Gasteiger partial charge in [-0.2, -0.15) is 15.0 Å². The van der Waals surface area contributed by atoms with E-state index in [1.807, 2.05) is 0 Å². The molecule has 1 heterocycles. The highest BCUT2D eigenvalue weighted by atomic mass is 16.5. The van der Waals surface area contributed by atoms with E-state index >= 15 is 0 Å². The Morgan fingerprint density at radius 1 is 1.00 bits per heavy atom. The topological polar surface area (TPSA) is 72.0 Å². The zero-order valence-electron chi connectivity index (χ0n) is 13.2. The second kappa shape index (κ2) is 8.64. The summed E-state index contributed by atoms with van der Waals surface area (Å²) in [7, 11) is 1.57. The lowest BCUT2D eigenvalue weighted by Crippen LogP contribution is -2.15. The first-order chi connectivity index (χ1) is 10.3. The highest BCUT2D eigenvalue weighted by Gasteiger charge is 2.13. The standard InChI is InChI=1S/C15H27N5O/c1-3-10-16-13-18-14(20-15(19-13)21-2)17-11-9-12-7-5-4-6-8-12/h12H,3-11H2,1-2H3,(H2,16,17,18,19,20). The van der Waals surface area contributed by atoms with Crippen molar-refractivity contribution in [3.05, 3.63) is 0 Å². The van der Waals surface area contributed by atoms with Crippen LogP contribution < -0.4 is 15.4 Å². The van der Waals surface area contributed by atoms with Crippen LogP contribution in [0.25, 0.3) is 0 Å². The van der Waals surface area contributed by atoms with Crippen LogP contribution in [0.1, 0.15) is 51.9 Å². The molecular formula is C15H27N5O. The van der Waals surface area contributed by atoms with Crippen molar-refractivity contribution in [1.29, 1.82) is 0 Å². The summed E-state index contributed by atoms with van der Waals surface area (Å²) in [6, 6.07) is 0.351. The summed E-state index contributed by atoms with van der Waals surface area (Å²) in [5.74, 6) is 2.02. The van der Waals surface area contributed by atoms with Crippen molar-refractivity contribution < 1.29 is 4.74 Å². The van der Waals surface area contributed by atoms with Gasteiger partial charge in [-0.05, 0) is 18.8 Å². The lowest BCUT2D eigenvalue weighted by atomic mass is 9.87. The summed E-state index contributed by atoms with van der Waals surface area (Å²) in [6.45, 7) is 3.86. The number of ether oxygens (including phenoxy) is 1. The predicted molar refractivity (Wildman–Crippen MR) is 84.8 cm³/mol. The first kappa shape index (κ1) is 15.8. The van der Waals surface area contributed by atoms with Crippen LogP contribution in [0.2, 0.25) is 0 Å². The smallest absolute Gasteiger partial charge is 0.322 e. The van der Waals surface area contributed by atoms with Gasteiger partial charge in [0, 0.05) is 13.1 Å².